The van der Waals surface area contributed by atoms with Crippen molar-refractivity contribution in [3.63, 3.8) is 0 Å². The topological polar surface area (TPSA) is 32.3 Å². The molecule has 0 aliphatic heterocycles. The minimum absolute atomic E-state index is 0.424. The Balaban J connectivity index is 1.77. The molecule has 0 heterocycles. The molecule has 1 fully saturated rings. The molecule has 0 aromatic heterocycles. The van der Waals surface area contributed by atoms with E-state index in [1.54, 1.807) is 0 Å². The standard InChI is InChI=1S/C15H21NO/c1-13(10-14-6-3-2-4-7-14)11-16-12-15(17)8-5-9-15/h2-4,6-7,10,16-17H,5,8-9,11-12H2,1H3. The Morgan fingerprint density at radius 3 is 2.65 bits per heavy atom. The van der Waals surface area contributed by atoms with E-state index in [0.29, 0.717) is 6.54 Å². The fraction of sp³-hybridized carbons (Fsp3) is 0.467. The van der Waals surface area contributed by atoms with Crippen LogP contribution in [0.15, 0.2) is 35.9 Å². The van der Waals surface area contributed by atoms with Crippen molar-refractivity contribution in [2.24, 2.45) is 0 Å². The van der Waals surface area contributed by atoms with Crippen LogP contribution in [-0.4, -0.2) is 23.8 Å². The highest BCUT2D eigenvalue weighted by Crippen LogP contribution is 2.30. The SMILES string of the molecule is CC(=Cc1ccccc1)CNCC1(O)CCC1. The highest BCUT2D eigenvalue weighted by atomic mass is 16.3. The molecule has 0 saturated heterocycles. The third-order valence-corrected chi connectivity index (χ3v) is 3.35. The highest BCUT2D eigenvalue weighted by Gasteiger charge is 2.33. The molecule has 0 radical (unpaired) electrons. The lowest BCUT2D eigenvalue weighted by Gasteiger charge is -2.36. The van der Waals surface area contributed by atoms with Gasteiger partial charge in [-0.3, -0.25) is 0 Å². The summed E-state index contributed by atoms with van der Waals surface area (Å²) < 4.78 is 0. The molecule has 1 saturated carbocycles. The first-order valence-electron chi connectivity index (χ1n) is 6.33. The van der Waals surface area contributed by atoms with Crippen LogP contribution in [0.4, 0.5) is 0 Å². The van der Waals surface area contributed by atoms with Crippen LogP contribution in [0.2, 0.25) is 0 Å². The van der Waals surface area contributed by atoms with Crippen molar-refractivity contribution in [3.05, 3.63) is 41.5 Å². The smallest absolute Gasteiger partial charge is 0.0771 e. The van der Waals surface area contributed by atoms with E-state index in [-0.39, 0.29) is 0 Å². The van der Waals surface area contributed by atoms with Gasteiger partial charge >= 0.3 is 0 Å². The van der Waals surface area contributed by atoms with Crippen molar-refractivity contribution in [1.29, 1.82) is 0 Å². The van der Waals surface area contributed by atoms with Gasteiger partial charge in [0.25, 0.3) is 0 Å². The number of hydrogen-bond acceptors (Lipinski definition) is 2. The Morgan fingerprint density at radius 2 is 2.06 bits per heavy atom. The van der Waals surface area contributed by atoms with Gasteiger partial charge in [-0.15, -0.1) is 0 Å². The lowest BCUT2D eigenvalue weighted by atomic mass is 9.80. The summed E-state index contributed by atoms with van der Waals surface area (Å²) in [6, 6.07) is 10.3. The quantitative estimate of drug-likeness (QED) is 0.816. The zero-order chi connectivity index (χ0) is 12.1. The summed E-state index contributed by atoms with van der Waals surface area (Å²) in [5.41, 5.74) is 2.10. The Kier molecular flexibility index (Phi) is 3.97. The van der Waals surface area contributed by atoms with Crippen LogP contribution in [0.5, 0.6) is 0 Å². The number of benzene rings is 1. The monoisotopic (exact) mass is 231 g/mol. The highest BCUT2D eigenvalue weighted by molar-refractivity contribution is 5.52. The average Bonchev–Trinajstić information content (AvgIpc) is 2.28. The summed E-state index contributed by atoms with van der Waals surface area (Å²) in [5.74, 6) is 0. The predicted octanol–water partition coefficient (Wildman–Crippen LogP) is 2.59. The van der Waals surface area contributed by atoms with Crippen LogP contribution in [-0.2, 0) is 0 Å². The molecule has 1 aromatic rings. The van der Waals surface area contributed by atoms with Crippen molar-refractivity contribution >= 4 is 6.08 Å². The first-order valence-corrected chi connectivity index (χ1v) is 6.33. The van der Waals surface area contributed by atoms with Gasteiger partial charge in [0.05, 0.1) is 5.60 Å². The van der Waals surface area contributed by atoms with E-state index >= 15 is 0 Å². The molecule has 1 aromatic carbocycles. The second kappa shape index (κ2) is 5.48. The van der Waals surface area contributed by atoms with E-state index in [2.05, 4.69) is 30.4 Å². The molecule has 1 aliphatic carbocycles. The average molecular weight is 231 g/mol. The summed E-state index contributed by atoms with van der Waals surface area (Å²) >= 11 is 0. The zero-order valence-corrected chi connectivity index (χ0v) is 10.4. The van der Waals surface area contributed by atoms with Gasteiger partial charge < -0.3 is 10.4 Å². The van der Waals surface area contributed by atoms with Crippen molar-refractivity contribution in [2.45, 2.75) is 31.8 Å². The van der Waals surface area contributed by atoms with Gasteiger partial charge in [0.1, 0.15) is 0 Å². The van der Waals surface area contributed by atoms with E-state index < -0.39 is 5.60 Å². The number of aliphatic hydroxyl groups is 1. The zero-order valence-electron chi connectivity index (χ0n) is 10.4. The second-order valence-electron chi connectivity index (χ2n) is 5.08. The van der Waals surface area contributed by atoms with Gasteiger partial charge in [-0.25, -0.2) is 0 Å². The molecular formula is C15H21NO. The van der Waals surface area contributed by atoms with Gasteiger partial charge in [-0.1, -0.05) is 42.0 Å². The molecule has 2 rings (SSSR count). The molecule has 1 aliphatic rings. The number of rotatable bonds is 5. The predicted molar refractivity (Wildman–Crippen MR) is 71.8 cm³/mol. The Morgan fingerprint density at radius 1 is 1.35 bits per heavy atom. The first-order chi connectivity index (χ1) is 8.18. The molecule has 0 amide bonds. The van der Waals surface area contributed by atoms with Crippen LogP contribution in [0.3, 0.4) is 0 Å². The molecule has 17 heavy (non-hydrogen) atoms. The fourth-order valence-electron chi connectivity index (χ4n) is 2.14. The first kappa shape index (κ1) is 12.3. The maximum atomic E-state index is 9.93. The van der Waals surface area contributed by atoms with Crippen molar-refractivity contribution in [2.75, 3.05) is 13.1 Å². The van der Waals surface area contributed by atoms with Gasteiger partial charge in [-0.05, 0) is 31.7 Å². The summed E-state index contributed by atoms with van der Waals surface area (Å²) in [7, 11) is 0. The van der Waals surface area contributed by atoms with E-state index in [9.17, 15) is 5.11 Å². The molecule has 92 valence electrons. The minimum atomic E-state index is -0.424. The van der Waals surface area contributed by atoms with Gasteiger partial charge in [-0.2, -0.15) is 0 Å². The normalized spacial score (nSPS) is 18.8. The molecule has 2 N–H and O–H groups in total. The number of hydrogen-bond donors (Lipinski definition) is 2. The van der Waals surface area contributed by atoms with Gasteiger partial charge in [0, 0.05) is 13.1 Å². The van der Waals surface area contributed by atoms with Gasteiger partial charge in [0.15, 0.2) is 0 Å². The van der Waals surface area contributed by atoms with Crippen LogP contribution in [0.1, 0.15) is 31.7 Å². The Hall–Kier alpha value is -1.12. The van der Waals surface area contributed by atoms with E-state index in [4.69, 9.17) is 0 Å². The Labute approximate surface area is 103 Å². The summed E-state index contributed by atoms with van der Waals surface area (Å²) in [6.45, 7) is 3.68. The molecule has 0 bridgehead atoms. The minimum Gasteiger partial charge on any atom is -0.389 e. The van der Waals surface area contributed by atoms with Crippen molar-refractivity contribution in [1.82, 2.24) is 5.32 Å². The number of nitrogens with one attached hydrogen (secondary N) is 1. The summed E-state index contributed by atoms with van der Waals surface area (Å²) in [6.07, 6.45) is 5.23. The van der Waals surface area contributed by atoms with Crippen LogP contribution in [0, 0.1) is 0 Å². The van der Waals surface area contributed by atoms with Crippen molar-refractivity contribution in [3.8, 4) is 0 Å². The maximum Gasteiger partial charge on any atom is 0.0771 e. The van der Waals surface area contributed by atoms with Crippen molar-refractivity contribution < 1.29 is 5.11 Å². The fourth-order valence-corrected chi connectivity index (χ4v) is 2.14. The third-order valence-electron chi connectivity index (χ3n) is 3.35. The molecule has 2 heteroatoms. The van der Waals surface area contributed by atoms with E-state index in [0.717, 1.165) is 25.8 Å². The lowest BCUT2D eigenvalue weighted by molar-refractivity contribution is -0.0306. The maximum absolute atomic E-state index is 9.93. The van der Waals surface area contributed by atoms with E-state index in [1.165, 1.54) is 11.1 Å². The van der Waals surface area contributed by atoms with Crippen LogP contribution < -0.4 is 5.32 Å². The molecule has 0 unspecified atom stereocenters. The molecule has 2 nitrogen and oxygen atoms in total. The van der Waals surface area contributed by atoms with Crippen LogP contribution in [0.25, 0.3) is 6.08 Å². The summed E-state index contributed by atoms with van der Waals surface area (Å²) in [4.78, 5) is 0. The molecule has 0 atom stereocenters. The third kappa shape index (κ3) is 3.69. The largest absolute Gasteiger partial charge is 0.389 e. The summed E-state index contributed by atoms with van der Waals surface area (Å²) in [5, 5.41) is 13.3. The van der Waals surface area contributed by atoms with Gasteiger partial charge in [0.2, 0.25) is 0 Å². The molecular weight excluding hydrogens is 210 g/mol. The van der Waals surface area contributed by atoms with E-state index in [1.807, 2.05) is 18.2 Å². The second-order valence-corrected chi connectivity index (χ2v) is 5.08. The molecule has 0 spiro atoms. The Bertz CT molecular complexity index is 379. The lowest BCUT2D eigenvalue weighted by Crippen LogP contribution is -2.46. The van der Waals surface area contributed by atoms with Crippen LogP contribution >= 0.6 is 0 Å².